The molecule has 3 aromatic rings. The van der Waals surface area contributed by atoms with Crippen LogP contribution < -0.4 is 5.32 Å². The molecule has 0 aliphatic carbocycles. The van der Waals surface area contributed by atoms with Crippen LogP contribution in [0.25, 0.3) is 11.1 Å². The van der Waals surface area contributed by atoms with Gasteiger partial charge in [0.05, 0.1) is 5.56 Å². The molecule has 0 fully saturated rings. The van der Waals surface area contributed by atoms with E-state index in [-0.39, 0.29) is 12.5 Å². The predicted octanol–water partition coefficient (Wildman–Crippen LogP) is 4.77. The molecule has 0 heterocycles. The third-order valence-electron chi connectivity index (χ3n) is 4.44. The first-order valence-electron chi connectivity index (χ1n) is 8.73. The van der Waals surface area contributed by atoms with Gasteiger partial charge in [0, 0.05) is 5.69 Å². The first-order chi connectivity index (χ1) is 13.0. The van der Waals surface area contributed by atoms with Gasteiger partial charge in [0.25, 0.3) is 5.91 Å². The van der Waals surface area contributed by atoms with Crippen LogP contribution in [0.5, 0.6) is 0 Å². The third-order valence-corrected chi connectivity index (χ3v) is 4.44. The molecule has 0 bridgehead atoms. The van der Waals surface area contributed by atoms with Gasteiger partial charge in [-0.25, -0.2) is 4.79 Å². The highest BCUT2D eigenvalue weighted by molar-refractivity contribution is 5.96. The number of carbonyl (C=O) groups is 2. The Hall–Kier alpha value is -3.40. The van der Waals surface area contributed by atoms with Crippen molar-refractivity contribution >= 4 is 17.6 Å². The molecule has 0 aromatic heterocycles. The summed E-state index contributed by atoms with van der Waals surface area (Å²) in [6.07, 6.45) is 0. The second-order valence-electron chi connectivity index (χ2n) is 6.32. The van der Waals surface area contributed by atoms with Gasteiger partial charge in [-0.1, -0.05) is 54.6 Å². The largest absolute Gasteiger partial charge is 0.452 e. The molecule has 3 rings (SSSR count). The Morgan fingerprint density at radius 3 is 2.19 bits per heavy atom. The van der Waals surface area contributed by atoms with E-state index in [1.54, 1.807) is 12.1 Å². The SMILES string of the molecule is Cc1cccc(NC(=O)COC(=O)c2ccc(-c3ccccc3)cc2)c1C. The molecule has 4 nitrogen and oxygen atoms in total. The maximum Gasteiger partial charge on any atom is 0.338 e. The van der Waals surface area contributed by atoms with E-state index in [1.165, 1.54) is 0 Å². The Labute approximate surface area is 158 Å². The van der Waals surface area contributed by atoms with Crippen molar-refractivity contribution in [3.8, 4) is 11.1 Å². The molecule has 3 aromatic carbocycles. The number of hydrogen-bond donors (Lipinski definition) is 1. The summed E-state index contributed by atoms with van der Waals surface area (Å²) in [7, 11) is 0. The molecule has 0 saturated carbocycles. The van der Waals surface area contributed by atoms with E-state index >= 15 is 0 Å². The Morgan fingerprint density at radius 2 is 1.48 bits per heavy atom. The molecule has 1 amide bonds. The molecular formula is C23H21NO3. The van der Waals surface area contributed by atoms with Crippen LogP contribution in [0.4, 0.5) is 5.69 Å². The maximum atomic E-state index is 12.2. The summed E-state index contributed by atoms with van der Waals surface area (Å²) in [5.41, 5.74) is 5.31. The molecule has 0 atom stereocenters. The van der Waals surface area contributed by atoms with Gasteiger partial charge in [-0.15, -0.1) is 0 Å². The van der Waals surface area contributed by atoms with E-state index in [1.807, 2.05) is 74.5 Å². The number of amides is 1. The zero-order valence-electron chi connectivity index (χ0n) is 15.4. The van der Waals surface area contributed by atoms with Gasteiger partial charge in [0.1, 0.15) is 0 Å². The number of carbonyl (C=O) groups excluding carboxylic acids is 2. The fourth-order valence-electron chi connectivity index (χ4n) is 2.72. The first kappa shape index (κ1) is 18.4. The minimum atomic E-state index is -0.522. The van der Waals surface area contributed by atoms with Gasteiger partial charge in [0.2, 0.25) is 0 Å². The van der Waals surface area contributed by atoms with Gasteiger partial charge in [-0.05, 0) is 54.3 Å². The summed E-state index contributed by atoms with van der Waals surface area (Å²) in [6, 6.07) is 22.7. The van der Waals surface area contributed by atoms with E-state index in [0.29, 0.717) is 5.56 Å². The Bertz CT molecular complexity index is 947. The standard InChI is InChI=1S/C23H21NO3/c1-16-7-6-10-21(17(16)2)24-22(25)15-27-23(26)20-13-11-19(12-14-20)18-8-4-3-5-9-18/h3-14H,15H2,1-2H3,(H,24,25). The molecule has 4 heteroatoms. The van der Waals surface area contributed by atoms with Crippen molar-refractivity contribution < 1.29 is 14.3 Å². The van der Waals surface area contributed by atoms with Crippen LogP contribution in [0.1, 0.15) is 21.5 Å². The summed E-state index contributed by atoms with van der Waals surface area (Å²) in [5, 5.41) is 2.77. The van der Waals surface area contributed by atoms with Crippen LogP contribution in [0.3, 0.4) is 0 Å². The molecule has 0 unspecified atom stereocenters. The number of nitrogens with one attached hydrogen (secondary N) is 1. The van der Waals surface area contributed by atoms with Crippen molar-refractivity contribution in [3.05, 3.63) is 89.5 Å². The van der Waals surface area contributed by atoms with Crippen LogP contribution in [0, 0.1) is 13.8 Å². The number of benzene rings is 3. The highest BCUT2D eigenvalue weighted by Crippen LogP contribution is 2.20. The monoisotopic (exact) mass is 359 g/mol. The van der Waals surface area contributed by atoms with E-state index in [0.717, 1.165) is 27.9 Å². The summed E-state index contributed by atoms with van der Waals surface area (Å²) < 4.78 is 5.13. The van der Waals surface area contributed by atoms with Crippen molar-refractivity contribution in [2.75, 3.05) is 11.9 Å². The van der Waals surface area contributed by atoms with Crippen molar-refractivity contribution in [2.24, 2.45) is 0 Å². The molecule has 27 heavy (non-hydrogen) atoms. The molecular weight excluding hydrogens is 338 g/mol. The Morgan fingerprint density at radius 1 is 0.815 bits per heavy atom. The smallest absolute Gasteiger partial charge is 0.338 e. The van der Waals surface area contributed by atoms with Crippen LogP contribution >= 0.6 is 0 Å². The van der Waals surface area contributed by atoms with Crippen molar-refractivity contribution in [1.82, 2.24) is 0 Å². The lowest BCUT2D eigenvalue weighted by Gasteiger charge is -2.10. The minimum absolute atomic E-state index is 0.327. The van der Waals surface area contributed by atoms with Gasteiger partial charge >= 0.3 is 5.97 Å². The summed E-state index contributed by atoms with van der Waals surface area (Å²) in [4.78, 5) is 24.2. The highest BCUT2D eigenvalue weighted by atomic mass is 16.5. The maximum absolute atomic E-state index is 12.2. The van der Waals surface area contributed by atoms with Gasteiger partial charge in [0.15, 0.2) is 6.61 Å². The second-order valence-corrected chi connectivity index (χ2v) is 6.32. The van der Waals surface area contributed by atoms with Crippen molar-refractivity contribution in [2.45, 2.75) is 13.8 Å². The predicted molar refractivity (Wildman–Crippen MR) is 107 cm³/mol. The lowest BCUT2D eigenvalue weighted by atomic mass is 10.0. The zero-order chi connectivity index (χ0) is 19.2. The molecule has 0 spiro atoms. The minimum Gasteiger partial charge on any atom is -0.452 e. The zero-order valence-corrected chi connectivity index (χ0v) is 15.4. The number of aryl methyl sites for hydroxylation is 1. The van der Waals surface area contributed by atoms with Crippen LogP contribution in [-0.4, -0.2) is 18.5 Å². The first-order valence-corrected chi connectivity index (χ1v) is 8.73. The molecule has 0 radical (unpaired) electrons. The fourth-order valence-corrected chi connectivity index (χ4v) is 2.72. The third kappa shape index (κ3) is 4.61. The van der Waals surface area contributed by atoms with Crippen molar-refractivity contribution in [1.29, 1.82) is 0 Å². The number of anilines is 1. The van der Waals surface area contributed by atoms with Crippen LogP contribution in [-0.2, 0) is 9.53 Å². The fraction of sp³-hybridized carbons (Fsp3) is 0.130. The molecule has 1 N–H and O–H groups in total. The molecule has 0 aliphatic heterocycles. The normalized spacial score (nSPS) is 10.3. The topological polar surface area (TPSA) is 55.4 Å². The van der Waals surface area contributed by atoms with Crippen molar-refractivity contribution in [3.63, 3.8) is 0 Å². The Kier molecular flexibility index (Phi) is 5.67. The quantitative estimate of drug-likeness (QED) is 0.668. The molecule has 0 saturated heterocycles. The summed E-state index contributed by atoms with van der Waals surface area (Å²) >= 11 is 0. The van der Waals surface area contributed by atoms with E-state index in [4.69, 9.17) is 4.74 Å². The molecule has 0 aliphatic rings. The lowest BCUT2D eigenvalue weighted by molar-refractivity contribution is -0.119. The average Bonchev–Trinajstić information content (AvgIpc) is 2.70. The van der Waals surface area contributed by atoms with E-state index in [9.17, 15) is 9.59 Å². The van der Waals surface area contributed by atoms with Crippen LogP contribution in [0.15, 0.2) is 72.8 Å². The lowest BCUT2D eigenvalue weighted by Crippen LogP contribution is -2.21. The van der Waals surface area contributed by atoms with E-state index < -0.39 is 5.97 Å². The molecule has 136 valence electrons. The van der Waals surface area contributed by atoms with Gasteiger partial charge < -0.3 is 10.1 Å². The highest BCUT2D eigenvalue weighted by Gasteiger charge is 2.12. The summed E-state index contributed by atoms with van der Waals surface area (Å²) in [6.45, 7) is 3.59. The average molecular weight is 359 g/mol. The van der Waals surface area contributed by atoms with Gasteiger partial charge in [-0.2, -0.15) is 0 Å². The number of rotatable bonds is 5. The number of hydrogen-bond acceptors (Lipinski definition) is 3. The summed E-state index contributed by atoms with van der Waals surface area (Å²) in [5.74, 6) is -0.885. The second kappa shape index (κ2) is 8.32. The van der Waals surface area contributed by atoms with Gasteiger partial charge in [-0.3, -0.25) is 4.79 Å². The van der Waals surface area contributed by atoms with Crippen LogP contribution in [0.2, 0.25) is 0 Å². The number of esters is 1. The Balaban J connectivity index is 1.57. The number of ether oxygens (including phenoxy) is 1. The van der Waals surface area contributed by atoms with E-state index in [2.05, 4.69) is 5.32 Å².